The first-order valence-electron chi connectivity index (χ1n) is 13.0. The van der Waals surface area contributed by atoms with Gasteiger partial charge in [-0.25, -0.2) is 4.79 Å². The quantitative estimate of drug-likeness (QED) is 0.188. The van der Waals surface area contributed by atoms with Gasteiger partial charge in [0, 0.05) is 43.0 Å². The third kappa shape index (κ3) is 6.22. The summed E-state index contributed by atoms with van der Waals surface area (Å²) >= 11 is 0. The number of H-pyrrole nitrogens is 1. The maximum atomic E-state index is 12.9. The van der Waals surface area contributed by atoms with Crippen LogP contribution in [0.2, 0.25) is 0 Å². The zero-order chi connectivity index (χ0) is 27.9. The number of nitrogens with one attached hydrogen (secondary N) is 1. The Morgan fingerprint density at radius 1 is 1.05 bits per heavy atom. The summed E-state index contributed by atoms with van der Waals surface area (Å²) in [7, 11) is 0. The second-order valence-electron chi connectivity index (χ2n) is 9.43. The van der Waals surface area contributed by atoms with E-state index in [9.17, 15) is 9.59 Å². The van der Waals surface area contributed by atoms with Gasteiger partial charge in [0.2, 0.25) is 0 Å². The Labute approximate surface area is 232 Å². The average molecular weight is 538 g/mol. The molecule has 40 heavy (non-hydrogen) atoms. The number of carbonyl (C=O) groups is 1. The van der Waals surface area contributed by atoms with E-state index >= 15 is 0 Å². The lowest BCUT2D eigenvalue weighted by Crippen LogP contribution is -2.37. The number of pyridine rings is 1. The molecule has 9 nitrogen and oxygen atoms in total. The number of morpholine rings is 1. The predicted molar refractivity (Wildman–Crippen MR) is 157 cm³/mol. The molecule has 0 unspecified atom stereocenters. The van der Waals surface area contributed by atoms with Crippen molar-refractivity contribution in [2.24, 2.45) is 10.8 Å². The van der Waals surface area contributed by atoms with Crippen LogP contribution in [0.4, 0.5) is 5.82 Å². The van der Waals surface area contributed by atoms with Gasteiger partial charge in [0.05, 0.1) is 36.5 Å². The molecule has 0 atom stereocenters. The van der Waals surface area contributed by atoms with Gasteiger partial charge in [-0.05, 0) is 29.3 Å². The number of fused-ring (bicyclic) bond motifs is 1. The van der Waals surface area contributed by atoms with Crippen molar-refractivity contribution in [3.8, 4) is 0 Å². The van der Waals surface area contributed by atoms with Gasteiger partial charge in [-0.2, -0.15) is 5.10 Å². The Bertz CT molecular complexity index is 1590. The maximum Gasteiger partial charge on any atom is 0.338 e. The first-order chi connectivity index (χ1) is 19.5. The SMILES string of the molecule is C=NN(/C=C(\N)c1cccc2c(=O)cc(N3CCOCC3)[nH]c12)Cc1cccc(C(=O)OCc2ccccc2)c1. The topological polar surface area (TPSA) is 113 Å². The molecule has 4 aromatic rings. The lowest BCUT2D eigenvalue weighted by Gasteiger charge is -2.28. The molecule has 0 radical (unpaired) electrons. The molecule has 0 saturated carbocycles. The normalized spacial score (nSPS) is 13.7. The third-order valence-electron chi connectivity index (χ3n) is 6.70. The molecule has 5 rings (SSSR count). The smallest absolute Gasteiger partial charge is 0.338 e. The monoisotopic (exact) mass is 537 g/mol. The molecule has 204 valence electrons. The van der Waals surface area contributed by atoms with Gasteiger partial charge in [0.25, 0.3) is 0 Å². The number of benzene rings is 3. The number of anilines is 1. The van der Waals surface area contributed by atoms with Crippen LogP contribution in [-0.2, 0) is 22.6 Å². The lowest BCUT2D eigenvalue weighted by molar-refractivity contribution is 0.0472. The number of rotatable bonds is 9. The van der Waals surface area contributed by atoms with Crippen LogP contribution < -0.4 is 16.1 Å². The number of aromatic amines is 1. The van der Waals surface area contributed by atoms with Crippen molar-refractivity contribution in [3.05, 3.63) is 118 Å². The Hall–Kier alpha value is -4.89. The Morgan fingerprint density at radius 2 is 1.80 bits per heavy atom. The number of aromatic nitrogens is 1. The van der Waals surface area contributed by atoms with E-state index in [1.165, 1.54) is 0 Å². The van der Waals surface area contributed by atoms with Crippen LogP contribution in [0.3, 0.4) is 0 Å². The highest BCUT2D eigenvalue weighted by Gasteiger charge is 2.16. The van der Waals surface area contributed by atoms with E-state index in [0.29, 0.717) is 60.6 Å². The van der Waals surface area contributed by atoms with Crippen LogP contribution in [-0.4, -0.2) is 49.0 Å². The van der Waals surface area contributed by atoms with Gasteiger partial charge >= 0.3 is 5.97 Å². The molecule has 3 N–H and O–H groups in total. The minimum absolute atomic E-state index is 0.0837. The zero-order valence-electron chi connectivity index (χ0n) is 22.1. The highest BCUT2D eigenvalue weighted by molar-refractivity contribution is 5.91. The number of esters is 1. The summed E-state index contributed by atoms with van der Waals surface area (Å²) in [5.41, 5.74) is 10.4. The Kier molecular flexibility index (Phi) is 8.22. The van der Waals surface area contributed by atoms with Crippen molar-refractivity contribution in [2.75, 3.05) is 31.2 Å². The summed E-state index contributed by atoms with van der Waals surface area (Å²) in [6.07, 6.45) is 1.67. The number of hydrogen-bond acceptors (Lipinski definition) is 8. The van der Waals surface area contributed by atoms with Crippen LogP contribution in [0, 0.1) is 0 Å². The molecule has 0 spiro atoms. The van der Waals surface area contributed by atoms with Gasteiger partial charge in [0.1, 0.15) is 12.4 Å². The van der Waals surface area contributed by atoms with Crippen molar-refractivity contribution < 1.29 is 14.3 Å². The van der Waals surface area contributed by atoms with Gasteiger partial charge in [-0.1, -0.05) is 54.6 Å². The van der Waals surface area contributed by atoms with E-state index in [4.69, 9.17) is 15.2 Å². The van der Waals surface area contributed by atoms with Crippen LogP contribution in [0.25, 0.3) is 16.6 Å². The Morgan fingerprint density at radius 3 is 2.58 bits per heavy atom. The van der Waals surface area contributed by atoms with Crippen LogP contribution in [0.15, 0.2) is 95.0 Å². The molecule has 0 aliphatic carbocycles. The van der Waals surface area contributed by atoms with E-state index in [-0.39, 0.29) is 12.0 Å². The van der Waals surface area contributed by atoms with Crippen LogP contribution in [0.1, 0.15) is 27.0 Å². The number of nitrogens with two attached hydrogens (primary N) is 1. The summed E-state index contributed by atoms with van der Waals surface area (Å²) in [5, 5.41) is 6.24. The minimum Gasteiger partial charge on any atom is -0.457 e. The van der Waals surface area contributed by atoms with E-state index in [1.807, 2.05) is 42.5 Å². The lowest BCUT2D eigenvalue weighted by atomic mass is 10.1. The highest BCUT2D eigenvalue weighted by atomic mass is 16.5. The molecular weight excluding hydrogens is 506 g/mol. The predicted octanol–water partition coefficient (Wildman–Crippen LogP) is 4.10. The van der Waals surface area contributed by atoms with Gasteiger partial charge < -0.3 is 25.1 Å². The molecule has 3 aromatic carbocycles. The maximum absolute atomic E-state index is 12.9. The summed E-state index contributed by atoms with van der Waals surface area (Å²) < 4.78 is 10.9. The van der Waals surface area contributed by atoms with Crippen molar-refractivity contribution in [1.29, 1.82) is 0 Å². The molecular formula is C31H31N5O4. The second kappa shape index (κ2) is 12.3. The van der Waals surface area contributed by atoms with E-state index in [1.54, 1.807) is 47.6 Å². The fourth-order valence-electron chi connectivity index (χ4n) is 4.63. The molecule has 9 heteroatoms. The molecule has 1 saturated heterocycles. The average Bonchev–Trinajstić information content (AvgIpc) is 3.00. The summed E-state index contributed by atoms with van der Waals surface area (Å²) in [6, 6.07) is 23.8. The molecule has 1 aromatic heterocycles. The van der Waals surface area contributed by atoms with Crippen molar-refractivity contribution >= 4 is 35.1 Å². The third-order valence-corrected chi connectivity index (χ3v) is 6.70. The Balaban J connectivity index is 1.35. The first-order valence-corrected chi connectivity index (χ1v) is 13.0. The molecule has 1 aliphatic rings. The van der Waals surface area contributed by atoms with Crippen molar-refractivity contribution in [3.63, 3.8) is 0 Å². The minimum atomic E-state index is -0.408. The molecule has 2 heterocycles. The first kappa shape index (κ1) is 26.7. The van der Waals surface area contributed by atoms with Crippen molar-refractivity contribution in [1.82, 2.24) is 9.99 Å². The second-order valence-corrected chi connectivity index (χ2v) is 9.43. The van der Waals surface area contributed by atoms with Crippen LogP contribution in [0.5, 0.6) is 0 Å². The summed E-state index contributed by atoms with van der Waals surface area (Å²) in [6.45, 7) is 6.81. The zero-order valence-corrected chi connectivity index (χ0v) is 22.1. The van der Waals surface area contributed by atoms with Gasteiger partial charge in [0.15, 0.2) is 5.43 Å². The number of ether oxygens (including phenoxy) is 2. The van der Waals surface area contributed by atoms with Gasteiger partial charge in [-0.15, -0.1) is 0 Å². The number of para-hydroxylation sites is 1. The number of nitrogens with zero attached hydrogens (tertiary/aromatic N) is 3. The van der Waals surface area contributed by atoms with Crippen LogP contribution >= 0.6 is 0 Å². The van der Waals surface area contributed by atoms with E-state index in [2.05, 4.69) is 21.7 Å². The number of hydrogen-bond donors (Lipinski definition) is 2. The fourth-order valence-corrected chi connectivity index (χ4v) is 4.63. The molecule has 1 fully saturated rings. The standard InChI is InChI=1S/C31H31N5O4/c1-33-36(19-23-9-5-10-24(17-23)31(38)40-21-22-7-3-2-4-8-22)20-27(32)25-11-6-12-26-28(37)18-29(34-30(25)26)35-13-15-39-16-14-35/h2-12,17-18,20H,1,13-16,19,21,32H2,(H,34,37)/b27-20-. The number of hydrazone groups is 1. The van der Waals surface area contributed by atoms with E-state index < -0.39 is 5.97 Å². The van der Waals surface area contributed by atoms with E-state index in [0.717, 1.165) is 16.9 Å². The largest absolute Gasteiger partial charge is 0.457 e. The highest BCUT2D eigenvalue weighted by Crippen LogP contribution is 2.23. The molecule has 0 amide bonds. The number of carbonyl (C=O) groups excluding carboxylic acids is 1. The van der Waals surface area contributed by atoms with Gasteiger partial charge in [-0.3, -0.25) is 9.80 Å². The molecule has 1 aliphatic heterocycles. The summed E-state index contributed by atoms with van der Waals surface area (Å²) in [5.74, 6) is 0.324. The van der Waals surface area contributed by atoms with Crippen molar-refractivity contribution in [2.45, 2.75) is 13.2 Å². The summed E-state index contributed by atoms with van der Waals surface area (Å²) in [4.78, 5) is 31.1. The fraction of sp³-hybridized carbons (Fsp3) is 0.194. The molecule has 0 bridgehead atoms.